The van der Waals surface area contributed by atoms with Gasteiger partial charge in [-0.25, -0.2) is 0 Å². The van der Waals surface area contributed by atoms with Gasteiger partial charge in [0.05, 0.1) is 0 Å². The number of hydrazine groups is 1. The quantitative estimate of drug-likeness (QED) is 0.452. The minimum Gasteiger partial charge on any atom is -0.192 e. The van der Waals surface area contributed by atoms with Crippen molar-refractivity contribution < 1.29 is 8.42 Å². The van der Waals surface area contributed by atoms with E-state index in [2.05, 4.69) is 0 Å². The summed E-state index contributed by atoms with van der Waals surface area (Å²) in [4.78, 5) is 0. The summed E-state index contributed by atoms with van der Waals surface area (Å²) in [7, 11) is -1.39. The zero-order chi connectivity index (χ0) is 6.36. The van der Waals surface area contributed by atoms with Crippen molar-refractivity contribution >= 4 is 10.2 Å². The fraction of sp³-hybridized carbons (Fsp3) is 1.00. The standard InChI is InChI=1S/C3H8N2O2S/c1-3-5-4(2)8(5,6)7/h3H2,1-2H3. The van der Waals surface area contributed by atoms with E-state index in [4.69, 9.17) is 0 Å². The van der Waals surface area contributed by atoms with Crippen LogP contribution in [0.1, 0.15) is 6.92 Å². The van der Waals surface area contributed by atoms with Crippen molar-refractivity contribution in [3.05, 3.63) is 0 Å². The predicted octanol–water partition coefficient (Wildman–Crippen LogP) is -0.587. The molecule has 8 heavy (non-hydrogen) atoms. The van der Waals surface area contributed by atoms with Gasteiger partial charge in [-0.3, -0.25) is 0 Å². The summed E-state index contributed by atoms with van der Waals surface area (Å²) in [5.74, 6) is 0. The van der Waals surface area contributed by atoms with E-state index in [0.29, 0.717) is 6.54 Å². The van der Waals surface area contributed by atoms with E-state index >= 15 is 0 Å². The molecule has 0 bridgehead atoms. The van der Waals surface area contributed by atoms with Gasteiger partial charge in [0.15, 0.2) is 0 Å². The minimum absolute atomic E-state index is 0.541. The average molecular weight is 136 g/mol. The van der Waals surface area contributed by atoms with Gasteiger partial charge in [-0.15, -0.1) is 8.83 Å². The van der Waals surface area contributed by atoms with Gasteiger partial charge >= 0.3 is 10.2 Å². The monoisotopic (exact) mass is 136 g/mol. The molecule has 5 heteroatoms. The van der Waals surface area contributed by atoms with Crippen LogP contribution in [-0.4, -0.2) is 30.8 Å². The molecule has 4 nitrogen and oxygen atoms in total. The molecule has 0 aliphatic carbocycles. The fourth-order valence-corrected chi connectivity index (χ4v) is 1.75. The average Bonchev–Trinajstić information content (AvgIpc) is 2.09. The second kappa shape index (κ2) is 1.43. The third-order valence-corrected chi connectivity index (χ3v) is 2.91. The first-order valence-corrected chi connectivity index (χ1v) is 3.77. The summed E-state index contributed by atoms with van der Waals surface area (Å²) >= 11 is 0. The third-order valence-electron chi connectivity index (χ3n) is 1.16. The molecular weight excluding hydrogens is 128 g/mol. The number of hydrogen-bond acceptors (Lipinski definition) is 2. The van der Waals surface area contributed by atoms with Gasteiger partial charge in [-0.1, -0.05) is 0 Å². The molecule has 1 fully saturated rings. The van der Waals surface area contributed by atoms with E-state index in [1.54, 1.807) is 6.92 Å². The largest absolute Gasteiger partial charge is 0.309 e. The number of rotatable bonds is 1. The van der Waals surface area contributed by atoms with Crippen molar-refractivity contribution in [1.82, 2.24) is 8.83 Å². The van der Waals surface area contributed by atoms with Crippen LogP contribution in [0.5, 0.6) is 0 Å². The van der Waals surface area contributed by atoms with Gasteiger partial charge in [0.25, 0.3) is 0 Å². The molecule has 1 rings (SSSR count). The molecule has 0 aromatic rings. The first kappa shape index (κ1) is 6.00. The van der Waals surface area contributed by atoms with Crippen LogP contribution >= 0.6 is 0 Å². The molecule has 0 aromatic carbocycles. The van der Waals surface area contributed by atoms with Gasteiger partial charge in [0, 0.05) is 13.6 Å². The maximum Gasteiger partial charge on any atom is 0.309 e. The molecule has 0 saturated carbocycles. The summed E-state index contributed by atoms with van der Waals surface area (Å²) < 4.78 is 23.5. The maximum atomic E-state index is 10.5. The zero-order valence-corrected chi connectivity index (χ0v) is 5.64. The lowest BCUT2D eigenvalue weighted by Crippen LogP contribution is -1.99. The van der Waals surface area contributed by atoms with E-state index in [-0.39, 0.29) is 0 Å². The van der Waals surface area contributed by atoms with Crippen LogP contribution in [0.15, 0.2) is 0 Å². The van der Waals surface area contributed by atoms with E-state index in [9.17, 15) is 8.42 Å². The highest BCUT2D eigenvalue weighted by atomic mass is 32.2. The van der Waals surface area contributed by atoms with Crippen LogP contribution in [0.4, 0.5) is 0 Å². The van der Waals surface area contributed by atoms with Gasteiger partial charge in [0.2, 0.25) is 0 Å². The third kappa shape index (κ3) is 0.553. The molecule has 0 amide bonds. The van der Waals surface area contributed by atoms with E-state index in [1.165, 1.54) is 15.9 Å². The Kier molecular flexibility index (Phi) is 1.07. The molecule has 1 heterocycles. The van der Waals surface area contributed by atoms with E-state index < -0.39 is 10.2 Å². The van der Waals surface area contributed by atoms with Crippen LogP contribution in [0.25, 0.3) is 0 Å². The Bertz CT molecular complexity index is 185. The molecule has 1 aliphatic heterocycles. The molecule has 0 radical (unpaired) electrons. The zero-order valence-electron chi connectivity index (χ0n) is 4.83. The molecular formula is C3H8N2O2S. The minimum atomic E-state index is -2.92. The van der Waals surface area contributed by atoms with Crippen molar-refractivity contribution in [2.75, 3.05) is 13.6 Å². The van der Waals surface area contributed by atoms with E-state index in [0.717, 1.165) is 0 Å². The van der Waals surface area contributed by atoms with Crippen LogP contribution in [0.2, 0.25) is 0 Å². The van der Waals surface area contributed by atoms with Crippen molar-refractivity contribution in [2.24, 2.45) is 0 Å². The Hall–Kier alpha value is -0.130. The van der Waals surface area contributed by atoms with E-state index in [1.807, 2.05) is 0 Å². The highest BCUT2D eigenvalue weighted by Gasteiger charge is 2.47. The summed E-state index contributed by atoms with van der Waals surface area (Å²) in [6, 6.07) is 0. The Balaban J connectivity index is 2.73. The summed E-state index contributed by atoms with van der Waals surface area (Å²) in [5.41, 5.74) is 0. The highest BCUT2D eigenvalue weighted by Crippen LogP contribution is 2.23. The van der Waals surface area contributed by atoms with Crippen molar-refractivity contribution in [1.29, 1.82) is 0 Å². The maximum absolute atomic E-state index is 10.5. The first-order valence-electron chi connectivity index (χ1n) is 2.37. The fourth-order valence-electron chi connectivity index (χ4n) is 0.623. The topological polar surface area (TPSA) is 40.2 Å². The van der Waals surface area contributed by atoms with Gasteiger partial charge < -0.3 is 0 Å². The number of hydrogen-bond donors (Lipinski definition) is 0. The molecule has 48 valence electrons. The Morgan fingerprint density at radius 1 is 1.50 bits per heavy atom. The van der Waals surface area contributed by atoms with Crippen LogP contribution in [-0.2, 0) is 10.2 Å². The molecule has 0 spiro atoms. The Morgan fingerprint density at radius 3 is 1.88 bits per heavy atom. The molecule has 1 saturated heterocycles. The molecule has 1 aliphatic rings. The number of nitrogens with zero attached hydrogens (tertiary/aromatic N) is 2. The normalized spacial score (nSPS) is 41.8. The van der Waals surface area contributed by atoms with Gasteiger partial charge in [0.1, 0.15) is 0 Å². The Labute approximate surface area is 48.8 Å². The predicted molar refractivity (Wildman–Crippen MR) is 29.1 cm³/mol. The van der Waals surface area contributed by atoms with Crippen LogP contribution < -0.4 is 0 Å². The smallest absolute Gasteiger partial charge is 0.192 e. The second-order valence-electron chi connectivity index (χ2n) is 1.58. The van der Waals surface area contributed by atoms with Crippen LogP contribution in [0.3, 0.4) is 0 Å². The van der Waals surface area contributed by atoms with Crippen molar-refractivity contribution in [3.63, 3.8) is 0 Å². The molecule has 2 unspecified atom stereocenters. The molecule has 0 N–H and O–H groups in total. The van der Waals surface area contributed by atoms with Gasteiger partial charge in [-0.05, 0) is 6.92 Å². The SMILES string of the molecule is CCN1N(C)S1(=O)=O. The molecule has 2 atom stereocenters. The van der Waals surface area contributed by atoms with Crippen molar-refractivity contribution in [3.8, 4) is 0 Å². The molecule has 0 aromatic heterocycles. The second-order valence-corrected chi connectivity index (χ2v) is 3.43. The lowest BCUT2D eigenvalue weighted by Gasteiger charge is -1.80. The summed E-state index contributed by atoms with van der Waals surface area (Å²) in [5, 5.41) is 0. The highest BCUT2D eigenvalue weighted by molar-refractivity contribution is 7.92. The summed E-state index contributed by atoms with van der Waals surface area (Å²) in [6.45, 7) is 2.33. The Morgan fingerprint density at radius 2 is 1.88 bits per heavy atom. The van der Waals surface area contributed by atoms with Gasteiger partial charge in [-0.2, -0.15) is 8.42 Å². The van der Waals surface area contributed by atoms with Crippen LogP contribution in [0, 0.1) is 0 Å². The van der Waals surface area contributed by atoms with Crippen molar-refractivity contribution in [2.45, 2.75) is 6.92 Å². The lowest BCUT2D eigenvalue weighted by atomic mass is 10.8. The lowest BCUT2D eigenvalue weighted by molar-refractivity contribution is 0.368. The summed E-state index contributed by atoms with van der Waals surface area (Å²) in [6.07, 6.45) is 0. The first-order chi connectivity index (χ1) is 3.60.